The Morgan fingerprint density at radius 1 is 1.38 bits per heavy atom. The fourth-order valence-electron chi connectivity index (χ4n) is 2.24. The average molecular weight is 243 g/mol. The summed E-state index contributed by atoms with van der Waals surface area (Å²) in [5.41, 5.74) is 0. The van der Waals surface area contributed by atoms with Crippen LogP contribution in [0.5, 0.6) is 0 Å². The van der Waals surface area contributed by atoms with E-state index in [1.54, 1.807) is 0 Å². The van der Waals surface area contributed by atoms with Crippen molar-refractivity contribution in [2.45, 2.75) is 44.2 Å². The van der Waals surface area contributed by atoms with Gasteiger partial charge in [-0.3, -0.25) is 10.2 Å². The van der Waals surface area contributed by atoms with Crippen LogP contribution in [0.2, 0.25) is 0 Å². The first-order valence-corrected chi connectivity index (χ1v) is 7.43. The minimum Gasteiger partial charge on any atom is -0.372 e. The van der Waals surface area contributed by atoms with Crippen LogP contribution in [0.15, 0.2) is 0 Å². The summed E-state index contributed by atoms with van der Waals surface area (Å²) in [4.78, 5) is 2.04. The molecule has 2 fully saturated rings. The molecule has 4 nitrogen and oxygen atoms in total. The van der Waals surface area contributed by atoms with Crippen molar-refractivity contribution in [2.24, 2.45) is 0 Å². The van der Waals surface area contributed by atoms with E-state index >= 15 is 0 Å². The number of nitrogens with one attached hydrogen (secondary N) is 2. The van der Waals surface area contributed by atoms with Crippen LogP contribution in [0, 0.1) is 10.2 Å². The number of epoxide rings is 1. The molecule has 2 unspecified atom stereocenters. The Morgan fingerprint density at radius 2 is 2.00 bits per heavy atom. The van der Waals surface area contributed by atoms with Gasteiger partial charge in [-0.05, 0) is 23.5 Å². The normalized spacial score (nSPS) is 27.4. The van der Waals surface area contributed by atoms with Crippen LogP contribution in [0.1, 0.15) is 32.1 Å². The predicted octanol–water partition coefficient (Wildman–Crippen LogP) is 1.97. The number of nitrogens with zero attached hydrogens (tertiary/aromatic N) is 1. The lowest BCUT2D eigenvalue weighted by Crippen LogP contribution is -2.40. The Hall–Kier alpha value is -0.420. The monoisotopic (exact) mass is 243 g/mol. The van der Waals surface area contributed by atoms with Gasteiger partial charge in [-0.1, -0.05) is 19.3 Å². The maximum absolute atomic E-state index is 8.05. The number of rotatable bonds is 3. The van der Waals surface area contributed by atoms with Crippen molar-refractivity contribution in [3.63, 3.8) is 0 Å². The summed E-state index contributed by atoms with van der Waals surface area (Å²) in [6, 6.07) is 0.502. The minimum absolute atomic E-state index is 0.265. The van der Waals surface area contributed by atoms with Crippen molar-refractivity contribution in [2.75, 3.05) is 19.4 Å². The van der Waals surface area contributed by atoms with Crippen LogP contribution in [-0.2, 0) is 15.4 Å². The minimum atomic E-state index is -0.680. The van der Waals surface area contributed by atoms with Gasteiger partial charge < -0.3 is 9.64 Å². The molecule has 2 rings (SSSR count). The van der Waals surface area contributed by atoms with Gasteiger partial charge in [-0.15, -0.1) is 0 Å². The molecule has 0 amide bonds. The first kappa shape index (κ1) is 12.0. The molecule has 2 aliphatic rings. The molecular formula is C11H21N3OS. The molecule has 2 N–H and O–H groups in total. The van der Waals surface area contributed by atoms with Crippen molar-refractivity contribution < 1.29 is 4.74 Å². The SMILES string of the molecule is CN(C(=N)S(=N)CC1CO1)C1CCCCC1. The fraction of sp³-hybridized carbons (Fsp3) is 0.909. The molecule has 1 aliphatic carbocycles. The van der Waals surface area contributed by atoms with E-state index in [1.165, 1.54) is 32.1 Å². The van der Waals surface area contributed by atoms with E-state index in [2.05, 4.69) is 0 Å². The summed E-state index contributed by atoms with van der Waals surface area (Å²) in [6.07, 6.45) is 6.53. The Morgan fingerprint density at radius 3 is 2.56 bits per heavy atom. The maximum Gasteiger partial charge on any atom is 0.167 e. The Bertz CT molecular complexity index is 285. The summed E-state index contributed by atoms with van der Waals surface area (Å²) in [6.45, 7) is 0.794. The number of hydrogen-bond donors (Lipinski definition) is 2. The molecule has 0 radical (unpaired) electrons. The second-order valence-electron chi connectivity index (χ2n) is 4.72. The highest BCUT2D eigenvalue weighted by Gasteiger charge is 2.27. The second kappa shape index (κ2) is 5.27. The van der Waals surface area contributed by atoms with Crippen LogP contribution >= 0.6 is 0 Å². The quantitative estimate of drug-likeness (QED) is 0.452. The Balaban J connectivity index is 1.83. The molecule has 2 atom stereocenters. The van der Waals surface area contributed by atoms with Crippen molar-refractivity contribution >= 4 is 15.9 Å². The maximum atomic E-state index is 8.05. The third-order valence-corrected chi connectivity index (χ3v) is 4.89. The topological polar surface area (TPSA) is 63.5 Å². The van der Waals surface area contributed by atoms with Crippen LogP contribution in [0.25, 0.3) is 0 Å². The van der Waals surface area contributed by atoms with Gasteiger partial charge in [0.05, 0.1) is 12.7 Å². The second-order valence-corrected chi connectivity index (χ2v) is 6.22. The lowest BCUT2D eigenvalue weighted by Gasteiger charge is -2.33. The molecule has 0 spiro atoms. The predicted molar refractivity (Wildman–Crippen MR) is 67.1 cm³/mol. The van der Waals surface area contributed by atoms with E-state index in [-0.39, 0.29) is 6.10 Å². The molecule has 1 saturated heterocycles. The van der Waals surface area contributed by atoms with Crippen molar-refractivity contribution in [3.05, 3.63) is 0 Å². The van der Waals surface area contributed by atoms with E-state index < -0.39 is 10.7 Å². The highest BCUT2D eigenvalue weighted by atomic mass is 32.2. The third-order valence-electron chi connectivity index (χ3n) is 3.43. The van der Waals surface area contributed by atoms with Crippen molar-refractivity contribution in [1.82, 2.24) is 4.90 Å². The number of amidine groups is 1. The van der Waals surface area contributed by atoms with Crippen molar-refractivity contribution in [3.8, 4) is 0 Å². The zero-order chi connectivity index (χ0) is 11.5. The molecule has 1 aliphatic heterocycles. The smallest absolute Gasteiger partial charge is 0.167 e. The molecule has 0 aromatic carbocycles. The molecule has 1 heterocycles. The molecule has 0 bridgehead atoms. The average Bonchev–Trinajstić information content (AvgIpc) is 3.12. The van der Waals surface area contributed by atoms with Gasteiger partial charge in [0.1, 0.15) is 0 Å². The zero-order valence-corrected chi connectivity index (χ0v) is 10.7. The van der Waals surface area contributed by atoms with Gasteiger partial charge in [0.15, 0.2) is 5.17 Å². The van der Waals surface area contributed by atoms with E-state index in [0.717, 1.165) is 12.4 Å². The van der Waals surface area contributed by atoms with E-state index in [9.17, 15) is 0 Å². The highest BCUT2D eigenvalue weighted by molar-refractivity contribution is 8.01. The summed E-state index contributed by atoms with van der Waals surface area (Å²) >= 11 is 0. The van der Waals surface area contributed by atoms with Crippen LogP contribution in [0.3, 0.4) is 0 Å². The van der Waals surface area contributed by atoms with Gasteiger partial charge in [0.25, 0.3) is 0 Å². The van der Waals surface area contributed by atoms with Gasteiger partial charge >= 0.3 is 0 Å². The summed E-state index contributed by atoms with van der Waals surface area (Å²) in [7, 11) is 1.31. The molecule has 92 valence electrons. The van der Waals surface area contributed by atoms with Crippen LogP contribution in [-0.4, -0.2) is 41.6 Å². The molecule has 5 heteroatoms. The molecule has 16 heavy (non-hydrogen) atoms. The van der Waals surface area contributed by atoms with Crippen molar-refractivity contribution in [1.29, 1.82) is 10.2 Å². The van der Waals surface area contributed by atoms with Gasteiger partial charge in [0, 0.05) is 18.8 Å². The van der Waals surface area contributed by atoms with E-state index in [0.29, 0.717) is 11.2 Å². The van der Waals surface area contributed by atoms with Gasteiger partial charge in [0.2, 0.25) is 0 Å². The summed E-state index contributed by atoms with van der Waals surface area (Å²) < 4.78 is 13.1. The number of ether oxygens (including phenoxy) is 1. The first-order chi connectivity index (χ1) is 7.68. The molecule has 1 saturated carbocycles. The largest absolute Gasteiger partial charge is 0.372 e. The van der Waals surface area contributed by atoms with Crippen LogP contribution < -0.4 is 0 Å². The van der Waals surface area contributed by atoms with Crippen LogP contribution in [0.4, 0.5) is 0 Å². The van der Waals surface area contributed by atoms with E-state index in [4.69, 9.17) is 14.9 Å². The molecule has 0 aromatic rings. The lowest BCUT2D eigenvalue weighted by molar-refractivity contribution is 0.281. The zero-order valence-electron chi connectivity index (χ0n) is 9.87. The first-order valence-electron chi connectivity index (χ1n) is 6.03. The third kappa shape index (κ3) is 3.04. The molecular weight excluding hydrogens is 222 g/mol. The van der Waals surface area contributed by atoms with E-state index in [1.807, 2.05) is 11.9 Å². The fourth-order valence-corrected chi connectivity index (χ4v) is 3.46. The number of hydrogen-bond acceptors (Lipinski definition) is 3. The standard InChI is InChI=1S/C11H21N3OS/c1-14(9-5-3-2-4-6-9)11(12)16(13)8-10-7-15-10/h9-10,12-13H,2-8H2,1H3. The lowest BCUT2D eigenvalue weighted by atomic mass is 9.95. The summed E-state index contributed by atoms with van der Waals surface area (Å²) in [5, 5.41) is 8.56. The van der Waals surface area contributed by atoms with Gasteiger partial charge in [-0.25, -0.2) is 0 Å². The summed E-state index contributed by atoms with van der Waals surface area (Å²) in [5.74, 6) is 0.718. The van der Waals surface area contributed by atoms with Gasteiger partial charge in [-0.2, -0.15) is 0 Å². The highest BCUT2D eigenvalue weighted by Crippen LogP contribution is 2.22. The Labute approximate surface area is 99.8 Å². The Kier molecular flexibility index (Phi) is 3.97. The molecule has 0 aromatic heterocycles.